The Morgan fingerprint density at radius 2 is 2.18 bits per heavy atom. The van der Waals surface area contributed by atoms with Crippen LogP contribution in [0.25, 0.3) is 0 Å². The van der Waals surface area contributed by atoms with Crippen molar-refractivity contribution in [1.29, 1.82) is 0 Å². The topological polar surface area (TPSA) is 71.0 Å². The first-order valence-electron chi connectivity index (χ1n) is 7.75. The number of nitrogens with zero attached hydrogens (tertiary/aromatic N) is 1. The molecule has 1 amide bonds. The Balaban J connectivity index is 1.57. The number of morpholine rings is 1. The lowest BCUT2D eigenvalue weighted by atomic mass is 9.99. The van der Waals surface area contributed by atoms with Crippen molar-refractivity contribution in [1.82, 2.24) is 10.2 Å². The van der Waals surface area contributed by atoms with Crippen LogP contribution in [0.2, 0.25) is 0 Å². The number of nitrogens with one attached hydrogen (secondary N) is 1. The molecule has 2 aliphatic rings. The number of aliphatic hydroxyl groups is 1. The second-order valence-corrected chi connectivity index (χ2v) is 5.67. The molecule has 1 fully saturated rings. The molecule has 3 rings (SSSR count). The third-order valence-corrected chi connectivity index (χ3v) is 4.04. The van der Waals surface area contributed by atoms with Crippen molar-refractivity contribution in [2.45, 2.75) is 12.5 Å². The van der Waals surface area contributed by atoms with Gasteiger partial charge in [0.25, 0.3) is 5.91 Å². The fourth-order valence-corrected chi connectivity index (χ4v) is 2.89. The van der Waals surface area contributed by atoms with Gasteiger partial charge in [-0.3, -0.25) is 9.69 Å². The summed E-state index contributed by atoms with van der Waals surface area (Å²) in [5.74, 6) is 0.647. The van der Waals surface area contributed by atoms with Gasteiger partial charge in [0.15, 0.2) is 0 Å². The molecule has 1 atom stereocenters. The normalized spacial score (nSPS) is 20.1. The van der Waals surface area contributed by atoms with Crippen molar-refractivity contribution >= 4 is 5.91 Å². The molecule has 0 aromatic heterocycles. The number of fused-ring (bicyclic) bond motifs is 1. The Kier molecular flexibility index (Phi) is 4.92. The molecule has 0 saturated carbocycles. The average Bonchev–Trinajstić information content (AvgIpc) is 2.54. The van der Waals surface area contributed by atoms with E-state index in [1.54, 1.807) is 6.07 Å². The molecule has 1 unspecified atom stereocenters. The summed E-state index contributed by atoms with van der Waals surface area (Å²) in [6, 6.07) is 5.48. The number of amides is 1. The molecule has 2 aliphatic heterocycles. The van der Waals surface area contributed by atoms with Crippen molar-refractivity contribution in [2.75, 3.05) is 46.0 Å². The minimum absolute atomic E-state index is 0.0550. The Bertz CT molecular complexity index is 529. The van der Waals surface area contributed by atoms with E-state index >= 15 is 0 Å². The number of ether oxygens (including phenoxy) is 2. The number of carbonyl (C=O) groups is 1. The summed E-state index contributed by atoms with van der Waals surface area (Å²) in [6.45, 7) is 4.57. The summed E-state index contributed by atoms with van der Waals surface area (Å²) in [5, 5.41) is 13.0. The third-order valence-electron chi connectivity index (χ3n) is 4.04. The smallest absolute Gasteiger partial charge is 0.251 e. The molecule has 2 heterocycles. The van der Waals surface area contributed by atoms with E-state index in [2.05, 4.69) is 10.2 Å². The Hall–Kier alpha value is -1.63. The average molecular weight is 306 g/mol. The highest BCUT2D eigenvalue weighted by Crippen LogP contribution is 2.25. The first kappa shape index (κ1) is 15.3. The number of hydrogen-bond donors (Lipinski definition) is 2. The number of benzene rings is 1. The highest BCUT2D eigenvalue weighted by Gasteiger charge is 2.21. The van der Waals surface area contributed by atoms with Crippen LogP contribution >= 0.6 is 0 Å². The summed E-state index contributed by atoms with van der Waals surface area (Å²) in [5.41, 5.74) is 1.61. The second kappa shape index (κ2) is 7.09. The van der Waals surface area contributed by atoms with Crippen molar-refractivity contribution in [3.05, 3.63) is 29.3 Å². The van der Waals surface area contributed by atoms with Crippen LogP contribution in [0, 0.1) is 0 Å². The minimum Gasteiger partial charge on any atom is -0.491 e. The summed E-state index contributed by atoms with van der Waals surface area (Å²) in [7, 11) is 0. The van der Waals surface area contributed by atoms with Gasteiger partial charge in [0, 0.05) is 37.3 Å². The van der Waals surface area contributed by atoms with Crippen molar-refractivity contribution in [3.63, 3.8) is 0 Å². The van der Waals surface area contributed by atoms with Gasteiger partial charge in [0.05, 0.1) is 13.2 Å². The van der Waals surface area contributed by atoms with E-state index in [-0.39, 0.29) is 12.5 Å². The second-order valence-electron chi connectivity index (χ2n) is 5.67. The molecule has 1 aromatic carbocycles. The maximum Gasteiger partial charge on any atom is 0.251 e. The predicted octanol–water partition coefficient (Wildman–Crippen LogP) is 0.0444. The fraction of sp³-hybridized carbons (Fsp3) is 0.562. The molecular formula is C16H22N2O4. The SMILES string of the molecule is O=C1NCCc2c(OCC(O)CN3CCOCC3)cccc21. The van der Waals surface area contributed by atoms with Crippen LogP contribution in [0.4, 0.5) is 0 Å². The zero-order valence-electron chi connectivity index (χ0n) is 12.6. The van der Waals surface area contributed by atoms with Crippen LogP contribution in [0.3, 0.4) is 0 Å². The van der Waals surface area contributed by atoms with E-state index in [1.165, 1.54) is 0 Å². The predicted molar refractivity (Wildman–Crippen MR) is 81.2 cm³/mol. The highest BCUT2D eigenvalue weighted by molar-refractivity contribution is 5.97. The molecule has 0 spiro atoms. The van der Waals surface area contributed by atoms with Crippen LogP contribution in [-0.4, -0.2) is 68.0 Å². The number of hydrogen-bond acceptors (Lipinski definition) is 5. The van der Waals surface area contributed by atoms with Crippen LogP contribution in [0.5, 0.6) is 5.75 Å². The van der Waals surface area contributed by atoms with Crippen LogP contribution in [-0.2, 0) is 11.2 Å². The van der Waals surface area contributed by atoms with E-state index in [0.29, 0.717) is 24.4 Å². The van der Waals surface area contributed by atoms with Crippen LogP contribution in [0.15, 0.2) is 18.2 Å². The number of aliphatic hydroxyl groups excluding tert-OH is 1. The highest BCUT2D eigenvalue weighted by atomic mass is 16.5. The molecule has 1 saturated heterocycles. The zero-order valence-corrected chi connectivity index (χ0v) is 12.6. The minimum atomic E-state index is -0.550. The first-order chi connectivity index (χ1) is 10.7. The van der Waals surface area contributed by atoms with Crippen molar-refractivity contribution in [2.24, 2.45) is 0 Å². The zero-order chi connectivity index (χ0) is 15.4. The molecule has 0 aliphatic carbocycles. The molecular weight excluding hydrogens is 284 g/mol. The van der Waals surface area contributed by atoms with Crippen LogP contribution < -0.4 is 10.1 Å². The van der Waals surface area contributed by atoms with E-state index < -0.39 is 6.10 Å². The van der Waals surface area contributed by atoms with Gasteiger partial charge in [0.2, 0.25) is 0 Å². The Morgan fingerprint density at radius 1 is 1.36 bits per heavy atom. The van der Waals surface area contributed by atoms with Crippen molar-refractivity contribution in [3.8, 4) is 5.75 Å². The maximum atomic E-state index is 11.8. The van der Waals surface area contributed by atoms with Gasteiger partial charge in [-0.15, -0.1) is 0 Å². The van der Waals surface area contributed by atoms with Gasteiger partial charge in [-0.2, -0.15) is 0 Å². The van der Waals surface area contributed by atoms with E-state index in [1.807, 2.05) is 12.1 Å². The van der Waals surface area contributed by atoms with Crippen molar-refractivity contribution < 1.29 is 19.4 Å². The molecule has 0 radical (unpaired) electrons. The van der Waals surface area contributed by atoms with E-state index in [4.69, 9.17) is 9.47 Å². The first-order valence-corrected chi connectivity index (χ1v) is 7.75. The van der Waals surface area contributed by atoms with Gasteiger partial charge in [0.1, 0.15) is 18.5 Å². The lowest BCUT2D eigenvalue weighted by Crippen LogP contribution is -2.42. The standard InChI is InChI=1S/C16H22N2O4/c19-12(10-18-6-8-21-9-7-18)11-22-15-3-1-2-14-13(15)4-5-17-16(14)20/h1-3,12,19H,4-11H2,(H,17,20). The summed E-state index contributed by atoms with van der Waals surface area (Å²) in [6.07, 6.45) is 0.211. The molecule has 1 aromatic rings. The van der Waals surface area contributed by atoms with E-state index in [0.717, 1.165) is 38.3 Å². The van der Waals surface area contributed by atoms with Crippen LogP contribution in [0.1, 0.15) is 15.9 Å². The molecule has 22 heavy (non-hydrogen) atoms. The van der Waals surface area contributed by atoms with Gasteiger partial charge in [-0.25, -0.2) is 0 Å². The number of carbonyl (C=O) groups excluding carboxylic acids is 1. The summed E-state index contributed by atoms with van der Waals surface area (Å²) < 4.78 is 11.1. The fourth-order valence-electron chi connectivity index (χ4n) is 2.89. The summed E-state index contributed by atoms with van der Waals surface area (Å²) >= 11 is 0. The monoisotopic (exact) mass is 306 g/mol. The van der Waals surface area contributed by atoms with Gasteiger partial charge < -0.3 is 19.9 Å². The van der Waals surface area contributed by atoms with Gasteiger partial charge >= 0.3 is 0 Å². The number of β-amino-alcohol motifs (C(OH)–C–C–N with tert-alkyl or cyclic N) is 1. The summed E-state index contributed by atoms with van der Waals surface area (Å²) in [4.78, 5) is 14.0. The molecule has 6 nitrogen and oxygen atoms in total. The largest absolute Gasteiger partial charge is 0.491 e. The molecule has 6 heteroatoms. The van der Waals surface area contributed by atoms with Gasteiger partial charge in [-0.1, -0.05) is 6.07 Å². The Labute approximate surface area is 130 Å². The third kappa shape index (κ3) is 3.58. The lowest BCUT2D eigenvalue weighted by Gasteiger charge is -2.28. The molecule has 2 N–H and O–H groups in total. The quantitative estimate of drug-likeness (QED) is 0.804. The molecule has 0 bridgehead atoms. The maximum absolute atomic E-state index is 11.8. The lowest BCUT2D eigenvalue weighted by molar-refractivity contribution is 0.00457. The number of rotatable bonds is 5. The van der Waals surface area contributed by atoms with E-state index in [9.17, 15) is 9.90 Å². The Morgan fingerprint density at radius 3 is 3.00 bits per heavy atom. The molecule has 120 valence electrons. The van der Waals surface area contributed by atoms with Gasteiger partial charge in [-0.05, 0) is 18.6 Å².